The molecular formula is C48H29N3. The number of hydrogen-bond donors (Lipinski definition) is 0. The second-order valence-corrected chi connectivity index (χ2v) is 13.5. The van der Waals surface area contributed by atoms with Gasteiger partial charge in [-0.05, 0) is 72.1 Å². The standard InChI is InChI=1S/C48H29N3/c1-3-13-30(14-4-1)35-19-7-8-21-37(35)47-50-45(33-15-5-2-6-16-33)49-46(51-47)34-27-28-40-38(29-34)36-20-9-10-22-39(36)48(40)41-23-11-17-31-25-26-32-18-12-24-42(48)44(32)43(31)41/h1-29H. The normalized spacial score (nSPS) is 13.3. The molecule has 0 unspecified atom stereocenters. The third kappa shape index (κ3) is 3.92. The second-order valence-electron chi connectivity index (χ2n) is 13.5. The zero-order chi connectivity index (χ0) is 33.5. The van der Waals surface area contributed by atoms with Gasteiger partial charge in [-0.2, -0.15) is 0 Å². The van der Waals surface area contributed by atoms with Gasteiger partial charge in [-0.3, -0.25) is 0 Å². The van der Waals surface area contributed by atoms with Crippen LogP contribution in [0.3, 0.4) is 0 Å². The van der Waals surface area contributed by atoms with E-state index in [0.717, 1.165) is 27.8 Å². The first-order valence-corrected chi connectivity index (χ1v) is 17.5. The van der Waals surface area contributed by atoms with E-state index in [0.29, 0.717) is 17.5 Å². The van der Waals surface area contributed by atoms with Crippen molar-refractivity contribution in [3.05, 3.63) is 198 Å². The predicted octanol–water partition coefficient (Wildman–Crippen LogP) is 11.5. The van der Waals surface area contributed by atoms with Crippen LogP contribution in [0.25, 0.3) is 78.0 Å². The Bertz CT molecular complexity index is 2790. The lowest BCUT2D eigenvalue weighted by Gasteiger charge is -2.30. The SMILES string of the molecule is c1ccc(-c2nc(-c3ccc4c(c3)-c3ccccc3C43c4cccc5ccc6cccc3c6c45)nc(-c3ccccc3-c3ccccc3)n2)cc1. The number of benzene rings is 8. The zero-order valence-electron chi connectivity index (χ0n) is 27.6. The smallest absolute Gasteiger partial charge is 0.164 e. The molecule has 0 bridgehead atoms. The minimum Gasteiger partial charge on any atom is -0.208 e. The molecular weight excluding hydrogens is 619 g/mol. The van der Waals surface area contributed by atoms with Crippen LogP contribution in [0.1, 0.15) is 22.3 Å². The van der Waals surface area contributed by atoms with Crippen molar-refractivity contribution in [2.75, 3.05) is 0 Å². The van der Waals surface area contributed by atoms with Gasteiger partial charge in [0.1, 0.15) is 0 Å². The lowest BCUT2D eigenvalue weighted by Crippen LogP contribution is -2.26. The molecule has 0 radical (unpaired) electrons. The van der Waals surface area contributed by atoms with Gasteiger partial charge < -0.3 is 0 Å². The number of fused-ring (bicyclic) bond motifs is 7. The molecule has 9 aromatic rings. The molecule has 1 spiro atoms. The van der Waals surface area contributed by atoms with Gasteiger partial charge >= 0.3 is 0 Å². The van der Waals surface area contributed by atoms with Crippen molar-refractivity contribution in [2.24, 2.45) is 0 Å². The van der Waals surface area contributed by atoms with Gasteiger partial charge in [0.15, 0.2) is 17.5 Å². The molecule has 3 nitrogen and oxygen atoms in total. The molecule has 0 atom stereocenters. The molecule has 0 N–H and O–H groups in total. The summed E-state index contributed by atoms with van der Waals surface area (Å²) in [5.41, 5.74) is 12.5. The van der Waals surface area contributed by atoms with Crippen molar-refractivity contribution >= 4 is 21.5 Å². The largest absolute Gasteiger partial charge is 0.208 e. The Morgan fingerprint density at radius 2 is 0.804 bits per heavy atom. The molecule has 8 aromatic carbocycles. The molecule has 1 aromatic heterocycles. The average molecular weight is 648 g/mol. The van der Waals surface area contributed by atoms with Gasteiger partial charge in [-0.15, -0.1) is 0 Å². The lowest BCUT2D eigenvalue weighted by atomic mass is 9.70. The molecule has 0 saturated heterocycles. The van der Waals surface area contributed by atoms with Crippen molar-refractivity contribution in [1.29, 1.82) is 0 Å². The minimum absolute atomic E-state index is 0.402. The van der Waals surface area contributed by atoms with E-state index < -0.39 is 5.41 Å². The molecule has 0 amide bonds. The van der Waals surface area contributed by atoms with Crippen LogP contribution in [0.4, 0.5) is 0 Å². The van der Waals surface area contributed by atoms with Crippen LogP contribution in [0.5, 0.6) is 0 Å². The van der Waals surface area contributed by atoms with E-state index >= 15 is 0 Å². The number of hydrogen-bond acceptors (Lipinski definition) is 3. The maximum absolute atomic E-state index is 5.23. The van der Waals surface area contributed by atoms with E-state index in [1.807, 2.05) is 24.3 Å². The summed E-state index contributed by atoms with van der Waals surface area (Å²) < 4.78 is 0. The highest BCUT2D eigenvalue weighted by Crippen LogP contribution is 2.62. The molecule has 0 fully saturated rings. The van der Waals surface area contributed by atoms with Crippen LogP contribution >= 0.6 is 0 Å². The van der Waals surface area contributed by atoms with Gasteiger partial charge in [0, 0.05) is 16.7 Å². The van der Waals surface area contributed by atoms with Crippen molar-refractivity contribution in [1.82, 2.24) is 15.0 Å². The van der Waals surface area contributed by atoms with Crippen molar-refractivity contribution in [3.8, 4) is 56.4 Å². The number of rotatable bonds is 4. The van der Waals surface area contributed by atoms with Crippen LogP contribution in [-0.2, 0) is 5.41 Å². The fraction of sp³-hybridized carbons (Fsp3) is 0.0208. The molecule has 236 valence electrons. The maximum atomic E-state index is 5.23. The third-order valence-corrected chi connectivity index (χ3v) is 10.9. The Balaban J connectivity index is 1.16. The summed E-state index contributed by atoms with van der Waals surface area (Å²) >= 11 is 0. The van der Waals surface area contributed by atoms with Crippen LogP contribution in [0.2, 0.25) is 0 Å². The molecule has 1 heterocycles. The molecule has 2 aliphatic rings. The zero-order valence-corrected chi connectivity index (χ0v) is 27.6. The summed E-state index contributed by atoms with van der Waals surface area (Å²) in [5.74, 6) is 1.96. The highest BCUT2D eigenvalue weighted by Gasteiger charge is 2.50. The van der Waals surface area contributed by atoms with Gasteiger partial charge in [-0.25, -0.2) is 15.0 Å². The summed E-state index contributed by atoms with van der Waals surface area (Å²) in [4.78, 5) is 15.5. The number of nitrogens with zero attached hydrogens (tertiary/aromatic N) is 3. The summed E-state index contributed by atoms with van der Waals surface area (Å²) in [7, 11) is 0. The van der Waals surface area contributed by atoms with E-state index in [4.69, 9.17) is 15.0 Å². The Morgan fingerprint density at radius 1 is 0.294 bits per heavy atom. The van der Waals surface area contributed by atoms with Gasteiger partial charge in [0.05, 0.1) is 5.41 Å². The average Bonchev–Trinajstić information content (AvgIpc) is 3.68. The van der Waals surface area contributed by atoms with E-state index in [2.05, 4.69) is 152 Å². The van der Waals surface area contributed by atoms with Crippen molar-refractivity contribution < 1.29 is 0 Å². The molecule has 2 aliphatic carbocycles. The topological polar surface area (TPSA) is 38.7 Å². The monoisotopic (exact) mass is 647 g/mol. The first-order chi connectivity index (χ1) is 25.3. The number of aromatic nitrogens is 3. The van der Waals surface area contributed by atoms with Crippen LogP contribution in [0, 0.1) is 0 Å². The van der Waals surface area contributed by atoms with Gasteiger partial charge in [-0.1, -0.05) is 170 Å². The molecule has 11 rings (SSSR count). The highest BCUT2D eigenvalue weighted by molar-refractivity contribution is 6.17. The first kappa shape index (κ1) is 28.2. The second kappa shape index (κ2) is 10.6. The Labute approximate surface area is 295 Å². The van der Waals surface area contributed by atoms with Crippen molar-refractivity contribution in [3.63, 3.8) is 0 Å². The van der Waals surface area contributed by atoms with Gasteiger partial charge in [0.2, 0.25) is 0 Å². The third-order valence-electron chi connectivity index (χ3n) is 10.9. The highest BCUT2D eigenvalue weighted by atomic mass is 15.0. The summed E-state index contributed by atoms with van der Waals surface area (Å²) in [5, 5.41) is 5.30. The van der Waals surface area contributed by atoms with E-state index in [1.54, 1.807) is 0 Å². The molecule has 51 heavy (non-hydrogen) atoms. The fourth-order valence-electron chi connectivity index (χ4n) is 8.82. The minimum atomic E-state index is -0.402. The van der Waals surface area contributed by atoms with Crippen LogP contribution in [0.15, 0.2) is 176 Å². The summed E-state index contributed by atoms with van der Waals surface area (Å²) in [6.07, 6.45) is 0. The molecule has 0 saturated carbocycles. The van der Waals surface area contributed by atoms with E-state index in [-0.39, 0.29) is 0 Å². The van der Waals surface area contributed by atoms with E-state index in [9.17, 15) is 0 Å². The lowest BCUT2D eigenvalue weighted by molar-refractivity contribution is 0.797. The van der Waals surface area contributed by atoms with E-state index in [1.165, 1.54) is 54.9 Å². The van der Waals surface area contributed by atoms with Gasteiger partial charge in [0.25, 0.3) is 0 Å². The fourth-order valence-corrected chi connectivity index (χ4v) is 8.82. The van der Waals surface area contributed by atoms with Crippen LogP contribution in [-0.4, -0.2) is 15.0 Å². The van der Waals surface area contributed by atoms with Crippen molar-refractivity contribution in [2.45, 2.75) is 5.41 Å². The summed E-state index contributed by atoms with van der Waals surface area (Å²) in [6, 6.07) is 63.0. The Hall–Kier alpha value is -6.71. The summed E-state index contributed by atoms with van der Waals surface area (Å²) in [6.45, 7) is 0. The molecule has 3 heteroatoms. The maximum Gasteiger partial charge on any atom is 0.164 e. The Morgan fingerprint density at radius 3 is 1.49 bits per heavy atom. The molecule has 0 aliphatic heterocycles. The quantitative estimate of drug-likeness (QED) is 0.178. The predicted molar refractivity (Wildman–Crippen MR) is 207 cm³/mol. The first-order valence-electron chi connectivity index (χ1n) is 17.5. The van der Waals surface area contributed by atoms with Crippen LogP contribution < -0.4 is 0 Å². The Kier molecular flexibility index (Phi) is 5.88.